The average Bonchev–Trinajstić information content (AvgIpc) is 2.48. The second-order valence-corrected chi connectivity index (χ2v) is 4.14. The van der Waals surface area contributed by atoms with Crippen molar-refractivity contribution in [2.45, 2.75) is 26.4 Å². The van der Waals surface area contributed by atoms with Gasteiger partial charge in [-0.3, -0.25) is 0 Å². The van der Waals surface area contributed by atoms with Crippen molar-refractivity contribution in [2.75, 3.05) is 13.6 Å². The van der Waals surface area contributed by atoms with Crippen LogP contribution in [-0.4, -0.2) is 24.6 Å². The topological polar surface area (TPSA) is 37.0 Å². The summed E-state index contributed by atoms with van der Waals surface area (Å²) in [6, 6.07) is 0.506. The lowest BCUT2D eigenvalue weighted by Gasteiger charge is -2.12. The van der Waals surface area contributed by atoms with Gasteiger partial charge in [-0.1, -0.05) is 0 Å². The number of nitrogens with zero attached hydrogens (tertiary/aromatic N) is 1. The molecule has 0 saturated carbocycles. The molecule has 2 N–H and O–H groups in total. The van der Waals surface area contributed by atoms with Crippen molar-refractivity contribution in [1.82, 2.24) is 15.6 Å². The van der Waals surface area contributed by atoms with Gasteiger partial charge in [0.15, 0.2) is 0 Å². The lowest BCUT2D eigenvalue weighted by molar-refractivity contribution is 0.525. The first kappa shape index (κ1) is 10.6. The highest BCUT2D eigenvalue weighted by Gasteiger charge is 2.03. The molecular weight excluding hydrogens is 182 g/mol. The van der Waals surface area contributed by atoms with Gasteiger partial charge in [0.2, 0.25) is 0 Å². The molecule has 0 aromatic carbocycles. The molecule has 0 spiro atoms. The Bertz CT molecular complexity index is 247. The van der Waals surface area contributed by atoms with Crippen LogP contribution in [0.4, 0.5) is 0 Å². The van der Waals surface area contributed by atoms with E-state index in [0.29, 0.717) is 6.04 Å². The van der Waals surface area contributed by atoms with E-state index < -0.39 is 0 Å². The fourth-order valence-electron chi connectivity index (χ4n) is 1.14. The van der Waals surface area contributed by atoms with E-state index in [1.54, 1.807) is 11.3 Å². The molecule has 0 aliphatic heterocycles. The molecule has 0 bridgehead atoms. The first-order valence-corrected chi connectivity index (χ1v) is 5.39. The summed E-state index contributed by atoms with van der Waals surface area (Å²) >= 11 is 1.72. The van der Waals surface area contributed by atoms with E-state index in [1.165, 1.54) is 4.88 Å². The molecule has 0 saturated heterocycles. The number of hydrogen-bond acceptors (Lipinski definition) is 4. The Morgan fingerprint density at radius 1 is 1.62 bits per heavy atom. The Kier molecular flexibility index (Phi) is 4.35. The second kappa shape index (κ2) is 5.32. The maximum absolute atomic E-state index is 4.20. The summed E-state index contributed by atoms with van der Waals surface area (Å²) in [5.41, 5.74) is 3.05. The van der Waals surface area contributed by atoms with E-state index >= 15 is 0 Å². The van der Waals surface area contributed by atoms with Gasteiger partial charge in [0.25, 0.3) is 0 Å². The molecule has 4 heteroatoms. The summed E-state index contributed by atoms with van der Waals surface area (Å²) in [4.78, 5) is 5.54. The molecule has 0 amide bonds. The number of hydrogen-bond donors (Lipinski definition) is 2. The van der Waals surface area contributed by atoms with Crippen molar-refractivity contribution in [3.8, 4) is 0 Å². The Morgan fingerprint density at radius 2 is 2.38 bits per heavy atom. The van der Waals surface area contributed by atoms with Crippen LogP contribution in [0.2, 0.25) is 0 Å². The number of nitrogens with one attached hydrogen (secondary N) is 2. The summed E-state index contributed by atoms with van der Waals surface area (Å²) in [5.74, 6) is 0. The summed E-state index contributed by atoms with van der Waals surface area (Å²) in [6.07, 6.45) is 0. The van der Waals surface area contributed by atoms with Gasteiger partial charge in [0.05, 0.1) is 11.2 Å². The number of thiazole rings is 1. The molecule has 1 rings (SSSR count). The number of likely N-dealkylation sites (N-methyl/N-ethyl adjacent to an activating group) is 1. The van der Waals surface area contributed by atoms with E-state index in [4.69, 9.17) is 0 Å². The SMILES string of the molecule is CNCC(C)NCc1scnc1C. The van der Waals surface area contributed by atoms with Gasteiger partial charge >= 0.3 is 0 Å². The molecule has 1 heterocycles. The molecule has 13 heavy (non-hydrogen) atoms. The van der Waals surface area contributed by atoms with Crippen LogP contribution >= 0.6 is 11.3 Å². The third-order valence-corrected chi connectivity index (χ3v) is 2.90. The maximum atomic E-state index is 4.20. The van der Waals surface area contributed by atoms with E-state index in [-0.39, 0.29) is 0 Å². The average molecular weight is 199 g/mol. The molecule has 0 aliphatic rings. The largest absolute Gasteiger partial charge is 0.318 e. The number of aromatic nitrogens is 1. The van der Waals surface area contributed by atoms with E-state index in [9.17, 15) is 0 Å². The lowest BCUT2D eigenvalue weighted by atomic mass is 10.3. The predicted molar refractivity (Wildman–Crippen MR) is 57.1 cm³/mol. The van der Waals surface area contributed by atoms with Gasteiger partial charge in [-0.05, 0) is 20.9 Å². The molecule has 0 radical (unpaired) electrons. The summed E-state index contributed by atoms with van der Waals surface area (Å²) < 4.78 is 0. The Hall–Kier alpha value is -0.450. The monoisotopic (exact) mass is 199 g/mol. The number of rotatable bonds is 5. The van der Waals surface area contributed by atoms with Crippen molar-refractivity contribution >= 4 is 11.3 Å². The number of aryl methyl sites for hydroxylation is 1. The molecular formula is C9H17N3S. The molecule has 1 aromatic heterocycles. The van der Waals surface area contributed by atoms with Gasteiger partial charge < -0.3 is 10.6 Å². The Morgan fingerprint density at radius 3 is 2.92 bits per heavy atom. The zero-order valence-electron chi connectivity index (χ0n) is 8.42. The van der Waals surface area contributed by atoms with Crippen LogP contribution in [-0.2, 0) is 6.54 Å². The normalized spacial score (nSPS) is 13.2. The highest BCUT2D eigenvalue weighted by atomic mass is 32.1. The van der Waals surface area contributed by atoms with Gasteiger partial charge in [0, 0.05) is 24.0 Å². The van der Waals surface area contributed by atoms with Crippen molar-refractivity contribution in [3.63, 3.8) is 0 Å². The van der Waals surface area contributed by atoms with Crippen LogP contribution < -0.4 is 10.6 Å². The molecule has 0 fully saturated rings. The smallest absolute Gasteiger partial charge is 0.0798 e. The van der Waals surface area contributed by atoms with Crippen LogP contribution in [0.1, 0.15) is 17.5 Å². The van der Waals surface area contributed by atoms with Gasteiger partial charge in [-0.25, -0.2) is 4.98 Å². The third-order valence-electron chi connectivity index (χ3n) is 1.97. The van der Waals surface area contributed by atoms with E-state index in [1.807, 2.05) is 12.6 Å². The minimum Gasteiger partial charge on any atom is -0.318 e. The summed E-state index contributed by atoms with van der Waals surface area (Å²) in [7, 11) is 1.97. The van der Waals surface area contributed by atoms with Gasteiger partial charge in [-0.15, -0.1) is 11.3 Å². The third kappa shape index (κ3) is 3.42. The van der Waals surface area contributed by atoms with Crippen molar-refractivity contribution in [3.05, 3.63) is 16.1 Å². The molecule has 1 aromatic rings. The first-order chi connectivity index (χ1) is 6.24. The molecule has 0 aliphatic carbocycles. The highest BCUT2D eigenvalue weighted by Crippen LogP contribution is 2.11. The highest BCUT2D eigenvalue weighted by molar-refractivity contribution is 7.09. The Balaban J connectivity index is 2.30. The minimum absolute atomic E-state index is 0.506. The van der Waals surface area contributed by atoms with Crippen LogP contribution in [0.15, 0.2) is 5.51 Å². The van der Waals surface area contributed by atoms with Crippen LogP contribution in [0, 0.1) is 6.92 Å². The second-order valence-electron chi connectivity index (χ2n) is 3.20. The van der Waals surface area contributed by atoms with Crippen LogP contribution in [0.5, 0.6) is 0 Å². The molecule has 1 atom stereocenters. The fourth-order valence-corrected chi connectivity index (χ4v) is 1.87. The summed E-state index contributed by atoms with van der Waals surface area (Å²) in [6.45, 7) is 6.15. The molecule has 1 unspecified atom stereocenters. The molecule has 74 valence electrons. The van der Waals surface area contributed by atoms with Gasteiger partial charge in [-0.2, -0.15) is 0 Å². The maximum Gasteiger partial charge on any atom is 0.0798 e. The van der Waals surface area contributed by atoms with E-state index in [0.717, 1.165) is 18.8 Å². The van der Waals surface area contributed by atoms with Crippen LogP contribution in [0.3, 0.4) is 0 Å². The van der Waals surface area contributed by atoms with Gasteiger partial charge in [0.1, 0.15) is 0 Å². The van der Waals surface area contributed by atoms with Crippen molar-refractivity contribution < 1.29 is 0 Å². The fraction of sp³-hybridized carbons (Fsp3) is 0.667. The van der Waals surface area contributed by atoms with Crippen molar-refractivity contribution in [2.24, 2.45) is 0 Å². The summed E-state index contributed by atoms with van der Waals surface area (Å²) in [5, 5.41) is 6.57. The standard InChI is InChI=1S/C9H17N3S/c1-7(4-10-3)11-5-9-8(2)12-6-13-9/h6-7,10-11H,4-5H2,1-3H3. The van der Waals surface area contributed by atoms with Crippen LogP contribution in [0.25, 0.3) is 0 Å². The molecule has 3 nitrogen and oxygen atoms in total. The zero-order valence-corrected chi connectivity index (χ0v) is 9.24. The van der Waals surface area contributed by atoms with E-state index in [2.05, 4.69) is 29.5 Å². The predicted octanol–water partition coefficient (Wildman–Crippen LogP) is 1.15. The Labute approximate surface area is 83.6 Å². The first-order valence-electron chi connectivity index (χ1n) is 4.51. The lowest BCUT2D eigenvalue weighted by Crippen LogP contribution is -2.34. The zero-order chi connectivity index (χ0) is 9.68. The van der Waals surface area contributed by atoms with Crippen molar-refractivity contribution in [1.29, 1.82) is 0 Å². The quantitative estimate of drug-likeness (QED) is 0.747. The minimum atomic E-state index is 0.506.